The van der Waals surface area contributed by atoms with Gasteiger partial charge in [0.2, 0.25) is 0 Å². The van der Waals surface area contributed by atoms with Gasteiger partial charge in [-0.25, -0.2) is 9.78 Å². The summed E-state index contributed by atoms with van der Waals surface area (Å²) in [6.45, 7) is 6.66. The number of methoxy groups -OCH3 is 1. The zero-order chi connectivity index (χ0) is 29.8. The number of nitrogens with one attached hydrogen (secondary N) is 1. The largest absolute Gasteiger partial charge is 0.489 e. The summed E-state index contributed by atoms with van der Waals surface area (Å²) in [6, 6.07) is 9.16. The fraction of sp³-hybridized carbons (Fsp3) is 0.452. The molecule has 2 saturated heterocycles. The summed E-state index contributed by atoms with van der Waals surface area (Å²) in [6.07, 6.45) is 2.21. The highest BCUT2D eigenvalue weighted by atomic mass is 35.5. The number of hydrogen-bond donors (Lipinski definition) is 1. The minimum absolute atomic E-state index is 0.0621. The van der Waals surface area contributed by atoms with Gasteiger partial charge in [0.05, 0.1) is 46.2 Å². The summed E-state index contributed by atoms with van der Waals surface area (Å²) in [5.74, 6) is 1.77. The molecule has 3 fully saturated rings. The van der Waals surface area contributed by atoms with Crippen LogP contribution in [0, 0.1) is 5.92 Å². The Balaban J connectivity index is 1.11. The number of fused-ring (bicyclic) bond motifs is 2. The summed E-state index contributed by atoms with van der Waals surface area (Å²) >= 11 is 14.7. The number of carbonyl (C=O) groups excluding carboxylic acids is 1. The maximum Gasteiger partial charge on any atom is 0.338 e. The van der Waals surface area contributed by atoms with Gasteiger partial charge in [0.1, 0.15) is 22.7 Å². The van der Waals surface area contributed by atoms with Crippen LogP contribution in [0.25, 0.3) is 21.5 Å². The van der Waals surface area contributed by atoms with Gasteiger partial charge in [0.25, 0.3) is 0 Å². The van der Waals surface area contributed by atoms with E-state index in [9.17, 15) is 4.79 Å². The fourth-order valence-electron chi connectivity index (χ4n) is 6.09. The van der Waals surface area contributed by atoms with E-state index < -0.39 is 5.97 Å². The molecule has 2 aromatic heterocycles. The van der Waals surface area contributed by atoms with Crippen molar-refractivity contribution in [3.63, 3.8) is 0 Å². The number of esters is 1. The van der Waals surface area contributed by atoms with Crippen LogP contribution in [-0.4, -0.2) is 61.2 Å². The molecule has 1 aliphatic carbocycles. The van der Waals surface area contributed by atoms with Crippen LogP contribution >= 0.6 is 34.5 Å². The van der Waals surface area contributed by atoms with E-state index >= 15 is 0 Å². The van der Waals surface area contributed by atoms with Gasteiger partial charge in [-0.3, -0.25) is 0 Å². The van der Waals surface area contributed by atoms with E-state index in [4.69, 9.17) is 46.9 Å². The van der Waals surface area contributed by atoms with Gasteiger partial charge in [-0.1, -0.05) is 45.8 Å². The number of carbonyl (C=O) groups is 1. The molecule has 7 rings (SSSR count). The quantitative estimate of drug-likeness (QED) is 0.200. The Bertz CT molecular complexity index is 1670. The first kappa shape index (κ1) is 28.9. The van der Waals surface area contributed by atoms with E-state index in [1.807, 2.05) is 38.1 Å². The second-order valence-electron chi connectivity index (χ2n) is 11.6. The molecule has 4 aromatic rings. The molecular weight excluding hydrogens is 611 g/mol. The molecule has 0 bridgehead atoms. The third-order valence-electron chi connectivity index (χ3n) is 8.33. The lowest BCUT2D eigenvalue weighted by molar-refractivity contribution is 0.0600. The zero-order valence-corrected chi connectivity index (χ0v) is 26.4. The normalized spacial score (nSPS) is 21.6. The molecule has 1 N–H and O–H groups in total. The van der Waals surface area contributed by atoms with E-state index in [0.717, 1.165) is 52.6 Å². The number of benzene rings is 2. The van der Waals surface area contributed by atoms with Gasteiger partial charge in [-0.15, -0.1) is 0 Å². The van der Waals surface area contributed by atoms with Gasteiger partial charge in [-0.05, 0) is 51.0 Å². The lowest BCUT2D eigenvalue weighted by Crippen LogP contribution is -2.38. The molecule has 0 amide bonds. The number of nitrogens with zero attached hydrogens (tertiary/aromatic N) is 3. The number of thiazole rings is 1. The van der Waals surface area contributed by atoms with Crippen molar-refractivity contribution in [1.82, 2.24) is 15.5 Å². The Kier molecular flexibility index (Phi) is 7.75. The average Bonchev–Trinajstić information content (AvgIpc) is 3.28. The first-order chi connectivity index (χ1) is 20.8. The Morgan fingerprint density at radius 1 is 1.21 bits per heavy atom. The molecule has 0 unspecified atom stereocenters. The number of anilines is 1. The van der Waals surface area contributed by atoms with Crippen LogP contribution in [0.15, 0.2) is 34.9 Å². The molecular formula is C31H32Cl2N4O5S. The first-order valence-corrected chi connectivity index (χ1v) is 16.1. The van der Waals surface area contributed by atoms with Crippen molar-refractivity contribution in [3.05, 3.63) is 57.3 Å². The molecule has 43 heavy (non-hydrogen) atoms. The lowest BCUT2D eigenvalue weighted by Gasteiger charge is -2.20. The third kappa shape index (κ3) is 5.48. The van der Waals surface area contributed by atoms with Crippen molar-refractivity contribution >= 4 is 55.9 Å². The van der Waals surface area contributed by atoms with Gasteiger partial charge in [0, 0.05) is 48.6 Å². The minimum Gasteiger partial charge on any atom is -0.489 e. The predicted octanol–water partition coefficient (Wildman–Crippen LogP) is 6.70. The number of hydrogen-bond acceptors (Lipinski definition) is 10. The standard InChI is InChI=1S/C31H32Cl2N4O5S/c1-15(2)41-23-9-17(30(38)39-3)10-25-28(23)35-31(43-25)37-12-19-22(14-40-24(19)13-37)34-11-18-27(36-42-29(18)16-7-8-16)26-20(32)5-4-6-21(26)33/h4-6,9-10,15-16,19,22,24,34H,7-8,11-14H2,1-3H3/t19-,22+,24-/m0/s1. The van der Waals surface area contributed by atoms with Gasteiger partial charge in [-0.2, -0.15) is 0 Å². The fourth-order valence-corrected chi connectivity index (χ4v) is 7.71. The zero-order valence-electron chi connectivity index (χ0n) is 24.1. The molecule has 9 nitrogen and oxygen atoms in total. The van der Waals surface area contributed by atoms with Crippen LogP contribution < -0.4 is 15.0 Å². The first-order valence-electron chi connectivity index (χ1n) is 14.5. The monoisotopic (exact) mass is 642 g/mol. The van der Waals surface area contributed by atoms with Crippen LogP contribution in [0.5, 0.6) is 5.75 Å². The molecule has 12 heteroatoms. The van der Waals surface area contributed by atoms with Crippen LogP contribution in [0.4, 0.5) is 5.13 Å². The molecule has 0 spiro atoms. The van der Waals surface area contributed by atoms with Crippen LogP contribution in [0.1, 0.15) is 54.3 Å². The number of ether oxygens (including phenoxy) is 3. The molecule has 4 heterocycles. The maximum absolute atomic E-state index is 12.3. The minimum atomic E-state index is -0.402. The van der Waals surface area contributed by atoms with Crippen molar-refractivity contribution in [3.8, 4) is 17.0 Å². The Morgan fingerprint density at radius 3 is 2.72 bits per heavy atom. The number of aromatic nitrogens is 2. The van der Waals surface area contributed by atoms with Gasteiger partial charge >= 0.3 is 5.97 Å². The van der Waals surface area contributed by atoms with Crippen LogP contribution in [0.2, 0.25) is 10.0 Å². The summed E-state index contributed by atoms with van der Waals surface area (Å²) in [4.78, 5) is 19.6. The molecule has 226 valence electrons. The second-order valence-corrected chi connectivity index (χ2v) is 13.5. The smallest absolute Gasteiger partial charge is 0.338 e. The van der Waals surface area contributed by atoms with Gasteiger partial charge < -0.3 is 29.0 Å². The van der Waals surface area contributed by atoms with E-state index in [-0.39, 0.29) is 24.2 Å². The van der Waals surface area contributed by atoms with Crippen molar-refractivity contribution < 1.29 is 23.5 Å². The highest BCUT2D eigenvalue weighted by Gasteiger charge is 2.45. The topological polar surface area (TPSA) is 99.0 Å². The lowest BCUT2D eigenvalue weighted by atomic mass is 9.99. The predicted molar refractivity (Wildman–Crippen MR) is 167 cm³/mol. The van der Waals surface area contributed by atoms with E-state index in [2.05, 4.69) is 15.4 Å². The van der Waals surface area contributed by atoms with Gasteiger partial charge in [0.15, 0.2) is 5.13 Å². The van der Waals surface area contributed by atoms with Crippen molar-refractivity contribution in [2.75, 3.05) is 31.7 Å². The van der Waals surface area contributed by atoms with E-state index in [1.165, 1.54) is 7.11 Å². The molecule has 2 aromatic carbocycles. The van der Waals surface area contributed by atoms with Crippen LogP contribution in [-0.2, 0) is 16.0 Å². The summed E-state index contributed by atoms with van der Waals surface area (Å²) in [5.41, 5.74) is 3.62. The third-order valence-corrected chi connectivity index (χ3v) is 10.0. The van der Waals surface area contributed by atoms with Crippen LogP contribution in [0.3, 0.4) is 0 Å². The highest BCUT2D eigenvalue weighted by Crippen LogP contribution is 2.46. The Hall–Kier alpha value is -2.89. The number of rotatable bonds is 9. The summed E-state index contributed by atoms with van der Waals surface area (Å²) < 4.78 is 24.0. The summed E-state index contributed by atoms with van der Waals surface area (Å²) in [5, 5.41) is 10.2. The molecule has 2 aliphatic heterocycles. The Morgan fingerprint density at radius 2 is 2.00 bits per heavy atom. The molecule has 3 aliphatic rings. The van der Waals surface area contributed by atoms with Crippen molar-refractivity contribution in [1.29, 1.82) is 0 Å². The molecule has 1 saturated carbocycles. The Labute approximate surface area is 263 Å². The van der Waals surface area contributed by atoms with Crippen molar-refractivity contribution in [2.24, 2.45) is 5.92 Å². The maximum atomic E-state index is 12.3. The molecule has 3 atom stereocenters. The summed E-state index contributed by atoms with van der Waals surface area (Å²) in [7, 11) is 1.38. The van der Waals surface area contributed by atoms with E-state index in [1.54, 1.807) is 17.4 Å². The van der Waals surface area contributed by atoms with E-state index in [0.29, 0.717) is 51.7 Å². The highest BCUT2D eigenvalue weighted by molar-refractivity contribution is 7.22. The second kappa shape index (κ2) is 11.6. The van der Waals surface area contributed by atoms with Crippen molar-refractivity contribution in [2.45, 2.75) is 57.4 Å². The SMILES string of the molecule is COC(=O)c1cc(OC(C)C)c2nc(N3C[C@@H]4[C@H](C3)OC[C@H]4NCc3c(-c4c(Cl)cccc4Cl)noc3C3CC3)sc2c1. The number of halogens is 2. The average molecular weight is 644 g/mol. The molecule has 0 radical (unpaired) electrons.